The van der Waals surface area contributed by atoms with Crippen molar-refractivity contribution in [3.8, 4) is 0 Å². The molecule has 1 aliphatic rings. The van der Waals surface area contributed by atoms with Crippen LogP contribution in [0.15, 0.2) is 12.1 Å². The van der Waals surface area contributed by atoms with Crippen LogP contribution in [0.5, 0.6) is 0 Å². The van der Waals surface area contributed by atoms with Crippen LogP contribution in [0.2, 0.25) is 5.02 Å². The summed E-state index contributed by atoms with van der Waals surface area (Å²) in [6.45, 7) is 3.08. The number of hydrogen-bond acceptors (Lipinski definition) is 1. The Bertz CT molecular complexity index is 646. The SMILES string of the molecule is CC1CC1Cn1c(=S)[nH]c2cc(Cl)c(F)cc21. The Balaban J connectivity index is 2.13. The van der Waals surface area contributed by atoms with E-state index in [0.29, 0.717) is 10.7 Å². The zero-order valence-corrected chi connectivity index (χ0v) is 10.9. The van der Waals surface area contributed by atoms with Crippen molar-refractivity contribution in [1.82, 2.24) is 9.55 Å². The van der Waals surface area contributed by atoms with Crippen LogP contribution in [0.1, 0.15) is 13.3 Å². The van der Waals surface area contributed by atoms with Gasteiger partial charge in [-0.2, -0.15) is 0 Å². The molecule has 1 N–H and O–H groups in total. The number of nitrogens with one attached hydrogen (secondary N) is 1. The lowest BCUT2D eigenvalue weighted by molar-refractivity contribution is 0.596. The first-order valence-corrected chi connectivity index (χ1v) is 6.42. The number of halogens is 2. The van der Waals surface area contributed by atoms with Gasteiger partial charge in [0.15, 0.2) is 4.77 Å². The van der Waals surface area contributed by atoms with Crippen molar-refractivity contribution in [2.45, 2.75) is 19.9 Å². The molecule has 1 aromatic carbocycles. The number of rotatable bonds is 2. The molecule has 3 rings (SSSR count). The quantitative estimate of drug-likeness (QED) is 0.813. The van der Waals surface area contributed by atoms with Crippen LogP contribution >= 0.6 is 23.8 Å². The summed E-state index contributed by atoms with van der Waals surface area (Å²) < 4.78 is 16.1. The first-order valence-electron chi connectivity index (χ1n) is 5.64. The average Bonchev–Trinajstić information content (AvgIpc) is 2.88. The molecule has 2 aromatic rings. The minimum absolute atomic E-state index is 0.126. The van der Waals surface area contributed by atoms with Crippen LogP contribution in [-0.2, 0) is 6.54 Å². The molecule has 0 aliphatic heterocycles. The zero-order valence-electron chi connectivity index (χ0n) is 9.34. The molecule has 90 valence electrons. The van der Waals surface area contributed by atoms with Crippen molar-refractivity contribution in [1.29, 1.82) is 0 Å². The van der Waals surface area contributed by atoms with E-state index in [1.807, 2.05) is 4.57 Å². The molecule has 0 spiro atoms. The third kappa shape index (κ3) is 1.89. The Morgan fingerprint density at radius 1 is 1.59 bits per heavy atom. The summed E-state index contributed by atoms with van der Waals surface area (Å²) >= 11 is 11.0. The van der Waals surface area contributed by atoms with Crippen LogP contribution in [0.25, 0.3) is 11.0 Å². The van der Waals surface area contributed by atoms with Gasteiger partial charge in [0.1, 0.15) is 5.82 Å². The van der Waals surface area contributed by atoms with Crippen LogP contribution in [0.4, 0.5) is 4.39 Å². The average molecular weight is 271 g/mol. The molecule has 0 radical (unpaired) electrons. The Labute approximate surface area is 108 Å². The van der Waals surface area contributed by atoms with Gasteiger partial charge < -0.3 is 9.55 Å². The molecule has 1 heterocycles. The maximum absolute atomic E-state index is 13.5. The number of imidazole rings is 1. The fourth-order valence-electron chi connectivity index (χ4n) is 2.22. The molecule has 5 heteroatoms. The highest BCUT2D eigenvalue weighted by atomic mass is 35.5. The lowest BCUT2D eigenvalue weighted by Crippen LogP contribution is -2.00. The summed E-state index contributed by atoms with van der Waals surface area (Å²) in [6.07, 6.45) is 1.23. The minimum Gasteiger partial charge on any atom is -0.331 e. The minimum atomic E-state index is -0.397. The normalized spacial score (nSPS) is 23.2. The van der Waals surface area contributed by atoms with Crippen molar-refractivity contribution < 1.29 is 4.39 Å². The van der Waals surface area contributed by atoms with Gasteiger partial charge in [0.2, 0.25) is 0 Å². The van der Waals surface area contributed by atoms with E-state index in [9.17, 15) is 4.39 Å². The van der Waals surface area contributed by atoms with Crippen LogP contribution < -0.4 is 0 Å². The predicted octanol–water partition coefficient (Wildman–Crippen LogP) is 4.15. The Kier molecular flexibility index (Phi) is 2.52. The van der Waals surface area contributed by atoms with Crippen molar-refractivity contribution in [2.75, 3.05) is 0 Å². The number of aromatic amines is 1. The predicted molar refractivity (Wildman–Crippen MR) is 69.4 cm³/mol. The monoisotopic (exact) mass is 270 g/mol. The van der Waals surface area contributed by atoms with E-state index >= 15 is 0 Å². The van der Waals surface area contributed by atoms with Crippen molar-refractivity contribution in [3.05, 3.63) is 27.7 Å². The Hall–Kier alpha value is -0.870. The van der Waals surface area contributed by atoms with Gasteiger partial charge in [0.25, 0.3) is 0 Å². The molecule has 2 nitrogen and oxygen atoms in total. The number of H-pyrrole nitrogens is 1. The van der Waals surface area contributed by atoms with Gasteiger partial charge in [-0.25, -0.2) is 4.39 Å². The van der Waals surface area contributed by atoms with E-state index in [1.54, 1.807) is 6.07 Å². The number of fused-ring (bicyclic) bond motifs is 1. The molecule has 1 aliphatic carbocycles. The molecule has 2 unspecified atom stereocenters. The Morgan fingerprint density at radius 3 is 2.94 bits per heavy atom. The molecule has 0 bridgehead atoms. The summed E-state index contributed by atoms with van der Waals surface area (Å²) in [6, 6.07) is 3.05. The summed E-state index contributed by atoms with van der Waals surface area (Å²) in [4.78, 5) is 3.07. The first kappa shape index (κ1) is 11.2. The van der Waals surface area contributed by atoms with Crippen molar-refractivity contribution in [2.24, 2.45) is 11.8 Å². The van der Waals surface area contributed by atoms with Gasteiger partial charge in [-0.3, -0.25) is 0 Å². The fraction of sp³-hybridized carbons (Fsp3) is 0.417. The van der Waals surface area contributed by atoms with E-state index in [0.717, 1.165) is 23.5 Å². The van der Waals surface area contributed by atoms with Gasteiger partial charge in [-0.1, -0.05) is 18.5 Å². The second-order valence-electron chi connectivity index (χ2n) is 4.80. The maximum atomic E-state index is 13.5. The van der Waals surface area contributed by atoms with E-state index < -0.39 is 5.82 Å². The molecule has 1 fully saturated rings. The smallest absolute Gasteiger partial charge is 0.178 e. The van der Waals surface area contributed by atoms with Crippen LogP contribution in [0.3, 0.4) is 0 Å². The number of hydrogen-bond donors (Lipinski definition) is 1. The van der Waals surface area contributed by atoms with E-state index in [1.165, 1.54) is 12.5 Å². The molecule has 1 saturated carbocycles. The van der Waals surface area contributed by atoms with E-state index in [2.05, 4.69) is 11.9 Å². The summed E-state index contributed by atoms with van der Waals surface area (Å²) in [5.41, 5.74) is 1.60. The molecular weight excluding hydrogens is 259 g/mol. The van der Waals surface area contributed by atoms with E-state index in [-0.39, 0.29) is 5.02 Å². The largest absolute Gasteiger partial charge is 0.331 e. The molecule has 17 heavy (non-hydrogen) atoms. The van der Waals surface area contributed by atoms with Gasteiger partial charge in [0.05, 0.1) is 16.1 Å². The van der Waals surface area contributed by atoms with Gasteiger partial charge in [-0.05, 0) is 36.5 Å². The topological polar surface area (TPSA) is 20.7 Å². The number of nitrogens with zero attached hydrogens (tertiary/aromatic N) is 1. The van der Waals surface area contributed by atoms with Gasteiger partial charge >= 0.3 is 0 Å². The summed E-state index contributed by atoms with van der Waals surface area (Å²) in [5, 5.41) is 0.126. The molecule has 0 amide bonds. The highest BCUT2D eigenvalue weighted by Gasteiger charge is 2.33. The fourth-order valence-corrected chi connectivity index (χ4v) is 2.67. The standard InChI is InChI=1S/C12H12ClFN2S/c1-6-2-7(6)5-16-11-4-9(14)8(13)3-10(11)15-12(16)17/h3-4,6-7H,2,5H2,1H3,(H,15,17). The lowest BCUT2D eigenvalue weighted by atomic mass is 10.3. The molecule has 0 saturated heterocycles. The van der Waals surface area contributed by atoms with Crippen molar-refractivity contribution >= 4 is 34.9 Å². The van der Waals surface area contributed by atoms with Gasteiger partial charge in [0, 0.05) is 12.6 Å². The van der Waals surface area contributed by atoms with E-state index in [4.69, 9.17) is 23.8 Å². The second kappa shape index (κ2) is 3.82. The molecule has 1 aromatic heterocycles. The van der Waals surface area contributed by atoms with Crippen LogP contribution in [-0.4, -0.2) is 9.55 Å². The summed E-state index contributed by atoms with van der Waals surface area (Å²) in [5.74, 6) is 1.02. The number of aromatic nitrogens is 2. The second-order valence-corrected chi connectivity index (χ2v) is 5.59. The number of benzene rings is 1. The lowest BCUT2D eigenvalue weighted by Gasteiger charge is -2.03. The van der Waals surface area contributed by atoms with Crippen molar-refractivity contribution in [3.63, 3.8) is 0 Å². The third-order valence-electron chi connectivity index (χ3n) is 3.51. The molecule has 2 atom stereocenters. The first-order chi connectivity index (χ1) is 8.06. The van der Waals surface area contributed by atoms with Crippen LogP contribution in [0, 0.1) is 22.4 Å². The summed E-state index contributed by atoms with van der Waals surface area (Å²) in [7, 11) is 0. The third-order valence-corrected chi connectivity index (χ3v) is 4.12. The molecular formula is C12H12ClFN2S. The maximum Gasteiger partial charge on any atom is 0.178 e. The highest BCUT2D eigenvalue weighted by Crippen LogP contribution is 2.39. The zero-order chi connectivity index (χ0) is 12.2. The Morgan fingerprint density at radius 2 is 2.29 bits per heavy atom. The van der Waals surface area contributed by atoms with Gasteiger partial charge in [-0.15, -0.1) is 0 Å². The highest BCUT2D eigenvalue weighted by molar-refractivity contribution is 7.71.